The van der Waals surface area contributed by atoms with Crippen LogP contribution in [-0.4, -0.2) is 62.3 Å². The van der Waals surface area contributed by atoms with Gasteiger partial charge in [-0.3, -0.25) is 9.69 Å². The number of carbonyl (C=O) groups excluding carboxylic acids is 1. The molecule has 4 saturated heterocycles. The van der Waals surface area contributed by atoms with Crippen LogP contribution in [0.1, 0.15) is 29.4 Å². The minimum Gasteiger partial charge on any atom is -0.378 e. The summed E-state index contributed by atoms with van der Waals surface area (Å²) >= 11 is 1.59. The fraction of sp³-hybridized carbons (Fsp3) is 0.522. The van der Waals surface area contributed by atoms with Crippen molar-refractivity contribution < 1.29 is 9.53 Å². The fourth-order valence-corrected chi connectivity index (χ4v) is 5.97. The summed E-state index contributed by atoms with van der Waals surface area (Å²) in [4.78, 5) is 19.8. The number of morpholine rings is 1. The maximum Gasteiger partial charge on any atom is 0.261 e. The number of piperidine rings is 3. The van der Waals surface area contributed by atoms with Gasteiger partial charge in [0.2, 0.25) is 0 Å². The average Bonchev–Trinajstić information content (AvgIpc) is 3.28. The van der Waals surface area contributed by atoms with Gasteiger partial charge >= 0.3 is 0 Å². The molecule has 0 aliphatic carbocycles. The lowest BCUT2D eigenvalue weighted by atomic mass is 9.79. The first kappa shape index (κ1) is 19.1. The van der Waals surface area contributed by atoms with Crippen molar-refractivity contribution in [2.24, 2.45) is 5.92 Å². The summed E-state index contributed by atoms with van der Waals surface area (Å²) in [6.45, 7) is 8.05. The van der Waals surface area contributed by atoms with E-state index in [2.05, 4.69) is 52.4 Å². The van der Waals surface area contributed by atoms with Gasteiger partial charge in [-0.1, -0.05) is 12.1 Å². The van der Waals surface area contributed by atoms with Gasteiger partial charge < -0.3 is 15.0 Å². The van der Waals surface area contributed by atoms with Crippen molar-refractivity contribution in [1.82, 2.24) is 10.2 Å². The number of ether oxygens (including phenoxy) is 1. The summed E-state index contributed by atoms with van der Waals surface area (Å²) in [5.41, 5.74) is 2.40. The molecule has 4 fully saturated rings. The first-order chi connectivity index (χ1) is 14.2. The molecule has 2 aromatic rings. The van der Waals surface area contributed by atoms with Crippen molar-refractivity contribution in [3.8, 4) is 10.4 Å². The van der Waals surface area contributed by atoms with Gasteiger partial charge in [-0.2, -0.15) is 0 Å². The molecule has 2 bridgehead atoms. The lowest BCUT2D eigenvalue weighted by molar-refractivity contribution is 0.0218. The van der Waals surface area contributed by atoms with Crippen LogP contribution in [0.15, 0.2) is 36.4 Å². The van der Waals surface area contributed by atoms with Gasteiger partial charge in [-0.25, -0.2) is 0 Å². The topological polar surface area (TPSA) is 44.8 Å². The Kier molecular flexibility index (Phi) is 5.33. The number of hydrogen-bond donors (Lipinski definition) is 1. The first-order valence-corrected chi connectivity index (χ1v) is 11.6. The molecule has 154 valence electrons. The third kappa shape index (κ3) is 3.81. The molecule has 0 saturated carbocycles. The second kappa shape index (κ2) is 8.09. The first-order valence-electron chi connectivity index (χ1n) is 10.8. The SMILES string of the molecule is C[C@H]1[C@H](NC(=O)c2ccc(-c3cccc(N4CCOCC4)c3)s2)C2CCN1CC2. The molecule has 6 rings (SSSR count). The second-order valence-electron chi connectivity index (χ2n) is 8.43. The number of hydrogen-bond acceptors (Lipinski definition) is 5. The quantitative estimate of drug-likeness (QED) is 0.837. The van der Waals surface area contributed by atoms with E-state index in [1.54, 1.807) is 11.3 Å². The van der Waals surface area contributed by atoms with Crippen LogP contribution < -0.4 is 10.2 Å². The van der Waals surface area contributed by atoms with Crippen molar-refractivity contribution in [3.63, 3.8) is 0 Å². The monoisotopic (exact) mass is 411 g/mol. The van der Waals surface area contributed by atoms with Gasteiger partial charge in [-0.15, -0.1) is 11.3 Å². The second-order valence-corrected chi connectivity index (χ2v) is 9.51. The van der Waals surface area contributed by atoms with Gasteiger partial charge in [0.05, 0.1) is 18.1 Å². The highest BCUT2D eigenvalue weighted by Crippen LogP contribution is 2.34. The largest absolute Gasteiger partial charge is 0.378 e. The molecule has 0 unspecified atom stereocenters. The van der Waals surface area contributed by atoms with Crippen LogP contribution in [0.4, 0.5) is 5.69 Å². The zero-order chi connectivity index (χ0) is 19.8. The molecule has 5 nitrogen and oxygen atoms in total. The minimum atomic E-state index is 0.0798. The molecule has 1 amide bonds. The van der Waals surface area contributed by atoms with Gasteiger partial charge in [0.15, 0.2) is 0 Å². The Labute approximate surface area is 176 Å². The fourth-order valence-electron chi connectivity index (χ4n) is 5.06. The molecule has 4 aliphatic rings. The molecule has 29 heavy (non-hydrogen) atoms. The maximum atomic E-state index is 13.0. The Hall–Kier alpha value is -1.89. The summed E-state index contributed by atoms with van der Waals surface area (Å²) in [7, 11) is 0. The smallest absolute Gasteiger partial charge is 0.261 e. The van der Waals surface area contributed by atoms with Crippen molar-refractivity contribution in [1.29, 1.82) is 0 Å². The number of anilines is 1. The number of benzene rings is 1. The van der Waals surface area contributed by atoms with E-state index < -0.39 is 0 Å². The van der Waals surface area contributed by atoms with Gasteiger partial charge in [0.1, 0.15) is 0 Å². The molecular formula is C23H29N3O2S. The molecule has 0 radical (unpaired) electrons. The molecular weight excluding hydrogens is 382 g/mol. The predicted octanol–water partition coefficient (Wildman–Crippen LogP) is 3.46. The number of nitrogens with one attached hydrogen (secondary N) is 1. The number of rotatable bonds is 4. The van der Waals surface area contributed by atoms with E-state index in [1.165, 1.54) is 37.2 Å². The molecule has 1 aromatic heterocycles. The van der Waals surface area contributed by atoms with Crippen LogP contribution in [0.25, 0.3) is 10.4 Å². The number of nitrogens with zero attached hydrogens (tertiary/aromatic N) is 2. The zero-order valence-corrected chi connectivity index (χ0v) is 17.8. The molecule has 0 spiro atoms. The van der Waals surface area contributed by atoms with Crippen molar-refractivity contribution in [3.05, 3.63) is 41.3 Å². The van der Waals surface area contributed by atoms with E-state index in [1.807, 2.05) is 6.07 Å². The summed E-state index contributed by atoms with van der Waals surface area (Å²) in [5, 5.41) is 3.35. The number of thiophene rings is 1. The normalized spacial score (nSPS) is 29.1. The summed E-state index contributed by atoms with van der Waals surface area (Å²) in [6, 6.07) is 13.4. The highest BCUT2D eigenvalue weighted by molar-refractivity contribution is 7.17. The molecule has 1 aromatic carbocycles. The van der Waals surface area contributed by atoms with Crippen LogP contribution in [0.2, 0.25) is 0 Å². The molecule has 2 atom stereocenters. The molecule has 6 heteroatoms. The van der Waals surface area contributed by atoms with E-state index in [4.69, 9.17) is 4.74 Å². The van der Waals surface area contributed by atoms with Gasteiger partial charge in [0, 0.05) is 35.7 Å². The lowest BCUT2D eigenvalue weighted by Gasteiger charge is -2.49. The van der Waals surface area contributed by atoms with E-state index >= 15 is 0 Å². The Morgan fingerprint density at radius 2 is 1.90 bits per heavy atom. The van der Waals surface area contributed by atoms with Crippen molar-refractivity contribution >= 4 is 22.9 Å². The van der Waals surface area contributed by atoms with Crippen LogP contribution in [0.5, 0.6) is 0 Å². The van der Waals surface area contributed by atoms with Crippen LogP contribution in [0.3, 0.4) is 0 Å². The Morgan fingerprint density at radius 1 is 1.10 bits per heavy atom. The van der Waals surface area contributed by atoms with Gasteiger partial charge in [0.25, 0.3) is 5.91 Å². The van der Waals surface area contributed by atoms with E-state index in [-0.39, 0.29) is 11.9 Å². The van der Waals surface area contributed by atoms with Crippen molar-refractivity contribution in [2.75, 3.05) is 44.3 Å². The minimum absolute atomic E-state index is 0.0798. The average molecular weight is 412 g/mol. The third-order valence-corrected chi connectivity index (χ3v) is 7.95. The van der Waals surface area contributed by atoms with Crippen molar-refractivity contribution in [2.45, 2.75) is 31.8 Å². The molecule has 5 heterocycles. The van der Waals surface area contributed by atoms with E-state index in [9.17, 15) is 4.79 Å². The summed E-state index contributed by atoms with van der Waals surface area (Å²) in [6.07, 6.45) is 2.42. The Morgan fingerprint density at radius 3 is 2.66 bits per heavy atom. The van der Waals surface area contributed by atoms with E-state index in [0.29, 0.717) is 12.0 Å². The molecule has 4 aliphatic heterocycles. The lowest BCUT2D eigenvalue weighted by Crippen LogP contribution is -2.62. The summed E-state index contributed by atoms with van der Waals surface area (Å²) < 4.78 is 5.47. The molecule has 1 N–H and O–H groups in total. The highest BCUT2D eigenvalue weighted by Gasteiger charge is 2.40. The number of carbonyl (C=O) groups is 1. The van der Waals surface area contributed by atoms with Crippen LogP contribution >= 0.6 is 11.3 Å². The predicted molar refractivity (Wildman–Crippen MR) is 118 cm³/mol. The standard InChI is InChI=1S/C23H29N3O2S/c1-16-22(17-7-9-25(16)10-8-17)24-23(27)21-6-5-20(29-21)18-3-2-4-19(15-18)26-11-13-28-14-12-26/h2-6,15-17,22H,7-14H2,1H3,(H,24,27)/t16-,22-/m0/s1. The third-order valence-electron chi connectivity index (χ3n) is 6.81. The van der Waals surface area contributed by atoms with E-state index in [0.717, 1.165) is 36.1 Å². The maximum absolute atomic E-state index is 13.0. The van der Waals surface area contributed by atoms with Crippen LogP contribution in [-0.2, 0) is 4.74 Å². The number of amides is 1. The van der Waals surface area contributed by atoms with Gasteiger partial charge in [-0.05, 0) is 68.6 Å². The number of fused-ring (bicyclic) bond motifs is 3. The zero-order valence-electron chi connectivity index (χ0n) is 17.0. The summed E-state index contributed by atoms with van der Waals surface area (Å²) in [5.74, 6) is 0.708. The Bertz CT molecular complexity index is 867. The Balaban J connectivity index is 1.30. The van der Waals surface area contributed by atoms with Crippen LogP contribution in [0, 0.1) is 5.92 Å². The highest BCUT2D eigenvalue weighted by atomic mass is 32.1.